The zero-order valence-corrected chi connectivity index (χ0v) is 17.2. The highest BCUT2D eigenvalue weighted by Crippen LogP contribution is 2.25. The van der Waals surface area contributed by atoms with Crippen LogP contribution in [-0.4, -0.2) is 34.2 Å². The molecule has 0 saturated carbocycles. The molecule has 1 atom stereocenters. The van der Waals surface area contributed by atoms with E-state index < -0.39 is 32.2 Å². The zero-order valence-electron chi connectivity index (χ0n) is 16.4. The van der Waals surface area contributed by atoms with E-state index in [1.54, 1.807) is 48.3 Å². The molecule has 2 aromatic heterocycles. The largest absolute Gasteiger partial charge is 0.497 e. The molecule has 0 aliphatic heterocycles. The lowest BCUT2D eigenvalue weighted by atomic mass is 10.1. The monoisotopic (exact) mass is 419 g/mol. The fourth-order valence-corrected chi connectivity index (χ4v) is 4.27. The summed E-state index contributed by atoms with van der Waals surface area (Å²) in [6, 6.07) is 5.97. The van der Waals surface area contributed by atoms with E-state index in [1.165, 1.54) is 21.2 Å². The number of sulfonamides is 1. The molecule has 0 amide bonds. The van der Waals surface area contributed by atoms with Crippen LogP contribution in [0.4, 0.5) is 0 Å². The molecule has 0 spiro atoms. The number of nitrogens with zero attached hydrogens (tertiary/aromatic N) is 4. The first-order valence-corrected chi connectivity index (χ1v) is 10.0. The van der Waals surface area contributed by atoms with Crippen molar-refractivity contribution in [3.05, 3.63) is 75.1 Å². The molecule has 10 nitrogen and oxygen atoms in total. The standard InChI is InChI=1S/C18H21N5O5S/c1-21-9-8-19-16(21)15(12-6-5-7-13(10-12)28-4)20-29(26,27)14-11-22(2)18(25)23(3)17(14)24/h5-11,15,20H,1-4H3. The van der Waals surface area contributed by atoms with Crippen molar-refractivity contribution in [1.29, 1.82) is 0 Å². The Labute approximate surface area is 167 Å². The van der Waals surface area contributed by atoms with Crippen LogP contribution < -0.4 is 20.7 Å². The Morgan fingerprint density at radius 3 is 2.48 bits per heavy atom. The second-order valence-electron chi connectivity index (χ2n) is 6.48. The van der Waals surface area contributed by atoms with Crippen molar-refractivity contribution < 1.29 is 13.2 Å². The van der Waals surface area contributed by atoms with Crippen molar-refractivity contribution in [1.82, 2.24) is 23.4 Å². The molecule has 0 radical (unpaired) electrons. The van der Waals surface area contributed by atoms with E-state index in [-0.39, 0.29) is 0 Å². The third-order valence-corrected chi connectivity index (χ3v) is 5.93. The summed E-state index contributed by atoms with van der Waals surface area (Å²) in [5.74, 6) is 0.961. The SMILES string of the molecule is COc1cccc(C(NS(=O)(=O)c2cn(C)c(=O)n(C)c2=O)c2nccn2C)c1. The Balaban J connectivity index is 2.15. The fourth-order valence-electron chi connectivity index (χ4n) is 2.92. The summed E-state index contributed by atoms with van der Waals surface area (Å²) in [7, 11) is 1.54. The molecule has 0 bridgehead atoms. The molecule has 11 heteroatoms. The van der Waals surface area contributed by atoms with Crippen molar-refractivity contribution in [2.75, 3.05) is 7.11 Å². The van der Waals surface area contributed by atoms with Gasteiger partial charge in [0.1, 0.15) is 17.6 Å². The predicted octanol–water partition coefficient (Wildman–Crippen LogP) is -0.106. The van der Waals surface area contributed by atoms with Crippen molar-refractivity contribution in [3.8, 4) is 5.75 Å². The summed E-state index contributed by atoms with van der Waals surface area (Å²) < 4.78 is 37.4. The number of methoxy groups -OCH3 is 1. The Morgan fingerprint density at radius 1 is 1.14 bits per heavy atom. The van der Waals surface area contributed by atoms with Gasteiger partial charge in [-0.15, -0.1) is 0 Å². The van der Waals surface area contributed by atoms with Gasteiger partial charge in [0.2, 0.25) is 10.0 Å². The van der Waals surface area contributed by atoms with Gasteiger partial charge < -0.3 is 13.9 Å². The minimum atomic E-state index is -4.30. The van der Waals surface area contributed by atoms with Crippen molar-refractivity contribution in [3.63, 3.8) is 0 Å². The van der Waals surface area contributed by atoms with E-state index in [0.717, 1.165) is 15.3 Å². The highest BCUT2D eigenvalue weighted by Gasteiger charge is 2.29. The summed E-state index contributed by atoms with van der Waals surface area (Å²) in [6.07, 6.45) is 4.23. The number of rotatable bonds is 6. The number of aryl methyl sites for hydroxylation is 2. The van der Waals surface area contributed by atoms with Gasteiger partial charge in [0.15, 0.2) is 4.90 Å². The van der Waals surface area contributed by atoms with Gasteiger partial charge in [-0.25, -0.2) is 18.2 Å². The smallest absolute Gasteiger partial charge is 0.330 e. The third-order valence-electron chi connectivity index (χ3n) is 4.52. The second-order valence-corrected chi connectivity index (χ2v) is 8.16. The summed E-state index contributed by atoms with van der Waals surface area (Å²) in [6.45, 7) is 0. The number of hydrogen-bond acceptors (Lipinski definition) is 6. The highest BCUT2D eigenvalue weighted by molar-refractivity contribution is 7.89. The van der Waals surface area contributed by atoms with Crippen molar-refractivity contribution in [2.45, 2.75) is 10.9 Å². The molecule has 1 N–H and O–H groups in total. The molecule has 0 aliphatic carbocycles. The minimum absolute atomic E-state index is 0.420. The molecule has 0 aliphatic rings. The lowest BCUT2D eigenvalue weighted by Gasteiger charge is -2.20. The van der Waals surface area contributed by atoms with Gasteiger partial charge in [-0.1, -0.05) is 12.1 Å². The van der Waals surface area contributed by atoms with Gasteiger partial charge in [0, 0.05) is 39.7 Å². The zero-order chi connectivity index (χ0) is 21.3. The quantitative estimate of drug-likeness (QED) is 0.596. The van der Waals surface area contributed by atoms with Crippen molar-refractivity contribution in [2.24, 2.45) is 21.1 Å². The summed E-state index contributed by atoms with van der Waals surface area (Å²) >= 11 is 0. The van der Waals surface area contributed by atoms with Gasteiger partial charge in [0.05, 0.1) is 7.11 Å². The van der Waals surface area contributed by atoms with Crippen LogP contribution in [0.15, 0.2) is 57.3 Å². The Bertz CT molecular complexity index is 1270. The summed E-state index contributed by atoms with van der Waals surface area (Å²) in [5.41, 5.74) is -0.962. The Morgan fingerprint density at radius 2 is 1.86 bits per heavy atom. The third kappa shape index (κ3) is 3.87. The Kier molecular flexibility index (Phi) is 5.44. The van der Waals surface area contributed by atoms with Gasteiger partial charge in [-0.3, -0.25) is 9.36 Å². The summed E-state index contributed by atoms with van der Waals surface area (Å²) in [5, 5.41) is 0. The molecule has 3 rings (SSSR count). The first-order valence-electron chi connectivity index (χ1n) is 8.56. The van der Waals surface area contributed by atoms with Crippen LogP contribution >= 0.6 is 0 Å². The topological polar surface area (TPSA) is 117 Å². The van der Waals surface area contributed by atoms with Gasteiger partial charge in [-0.2, -0.15) is 4.72 Å². The maximum absolute atomic E-state index is 13.1. The number of nitrogens with one attached hydrogen (secondary N) is 1. The second kappa shape index (κ2) is 7.68. The van der Waals surface area contributed by atoms with Gasteiger partial charge >= 0.3 is 5.69 Å². The Hall–Kier alpha value is -3.18. The fraction of sp³-hybridized carbons (Fsp3) is 0.278. The first kappa shape index (κ1) is 20.6. The molecule has 2 heterocycles. The van der Waals surface area contributed by atoms with E-state index in [4.69, 9.17) is 4.74 Å². The van der Waals surface area contributed by atoms with Gasteiger partial charge in [-0.05, 0) is 17.7 Å². The van der Waals surface area contributed by atoms with E-state index >= 15 is 0 Å². The molecule has 3 aromatic rings. The first-order chi connectivity index (χ1) is 13.7. The minimum Gasteiger partial charge on any atom is -0.497 e. The number of benzene rings is 1. The maximum atomic E-state index is 13.1. The van der Waals surface area contributed by atoms with E-state index in [9.17, 15) is 18.0 Å². The number of aromatic nitrogens is 4. The highest BCUT2D eigenvalue weighted by atomic mass is 32.2. The molecular formula is C18H21N5O5S. The molecule has 1 unspecified atom stereocenters. The molecule has 29 heavy (non-hydrogen) atoms. The van der Waals surface area contributed by atoms with E-state index in [0.29, 0.717) is 17.1 Å². The normalized spacial score (nSPS) is 12.7. The lowest BCUT2D eigenvalue weighted by molar-refractivity contribution is 0.413. The van der Waals surface area contributed by atoms with Crippen LogP contribution in [0.3, 0.4) is 0 Å². The number of ether oxygens (including phenoxy) is 1. The van der Waals surface area contributed by atoms with E-state index in [2.05, 4.69) is 9.71 Å². The lowest BCUT2D eigenvalue weighted by Crippen LogP contribution is -2.42. The number of hydrogen-bond donors (Lipinski definition) is 1. The van der Waals surface area contributed by atoms with Crippen molar-refractivity contribution >= 4 is 10.0 Å². The maximum Gasteiger partial charge on any atom is 0.330 e. The van der Waals surface area contributed by atoms with Crippen LogP contribution in [0.5, 0.6) is 5.75 Å². The average molecular weight is 419 g/mol. The number of imidazole rings is 1. The van der Waals surface area contributed by atoms with E-state index in [1.807, 2.05) is 0 Å². The summed E-state index contributed by atoms with van der Waals surface area (Å²) in [4.78, 5) is 28.1. The van der Waals surface area contributed by atoms with Crippen LogP contribution in [0.1, 0.15) is 17.4 Å². The average Bonchev–Trinajstić information content (AvgIpc) is 3.12. The van der Waals surface area contributed by atoms with Crippen LogP contribution in [0.2, 0.25) is 0 Å². The molecule has 0 saturated heterocycles. The van der Waals surface area contributed by atoms with Crippen LogP contribution in [0, 0.1) is 0 Å². The molecule has 0 fully saturated rings. The predicted molar refractivity (Wildman–Crippen MR) is 105 cm³/mol. The van der Waals surface area contributed by atoms with Crippen LogP contribution in [0.25, 0.3) is 0 Å². The molecule has 154 valence electrons. The van der Waals surface area contributed by atoms with Crippen LogP contribution in [-0.2, 0) is 31.2 Å². The van der Waals surface area contributed by atoms with Gasteiger partial charge in [0.25, 0.3) is 5.56 Å². The molecular weight excluding hydrogens is 398 g/mol. The molecule has 1 aromatic carbocycles.